The summed E-state index contributed by atoms with van der Waals surface area (Å²) < 4.78 is 1.93. The molecule has 0 saturated carbocycles. The molecule has 1 saturated heterocycles. The largest absolute Gasteiger partial charge is 0.331 e. The van der Waals surface area contributed by atoms with Crippen LogP contribution in [0.5, 0.6) is 0 Å². The molecule has 128 valence electrons. The van der Waals surface area contributed by atoms with Crippen molar-refractivity contribution in [1.29, 1.82) is 0 Å². The maximum Gasteiger partial charge on any atom is 0.317 e. The first-order valence-electron chi connectivity index (χ1n) is 8.17. The smallest absolute Gasteiger partial charge is 0.317 e. The van der Waals surface area contributed by atoms with Crippen molar-refractivity contribution in [3.05, 3.63) is 35.9 Å². The minimum absolute atomic E-state index is 0.0118. The first-order chi connectivity index (χ1) is 11.7. The molecule has 0 unspecified atom stereocenters. The molecule has 0 aliphatic carbocycles. The Balaban J connectivity index is 1.51. The molecule has 2 aromatic rings. The van der Waals surface area contributed by atoms with Gasteiger partial charge >= 0.3 is 6.03 Å². The Hall–Kier alpha value is -2.09. The topological polar surface area (TPSA) is 75.9 Å². The van der Waals surface area contributed by atoms with Crippen LogP contribution in [-0.4, -0.2) is 43.8 Å². The van der Waals surface area contributed by atoms with Crippen LogP contribution in [0.3, 0.4) is 0 Å². The number of hydrogen-bond donors (Lipinski definition) is 1. The number of likely N-dealkylation sites (tertiary alicyclic amines) is 1. The number of thioether (sulfide) groups is 1. The maximum absolute atomic E-state index is 12.1. The third-order valence-electron chi connectivity index (χ3n) is 4.06. The van der Waals surface area contributed by atoms with E-state index in [1.54, 1.807) is 18.0 Å². The molecule has 2 amide bonds. The van der Waals surface area contributed by atoms with E-state index in [1.807, 2.05) is 34.8 Å². The average molecular weight is 346 g/mol. The second kappa shape index (κ2) is 8.14. The summed E-state index contributed by atoms with van der Waals surface area (Å²) in [7, 11) is 1.92. The lowest BCUT2D eigenvalue weighted by atomic mass is 10.1. The van der Waals surface area contributed by atoms with Crippen LogP contribution in [0.4, 0.5) is 4.79 Å². The molecule has 0 aromatic carbocycles. The van der Waals surface area contributed by atoms with Gasteiger partial charge in [-0.1, -0.05) is 17.8 Å². The van der Waals surface area contributed by atoms with Crippen LogP contribution in [0.15, 0.2) is 29.7 Å². The molecule has 0 spiro atoms. The van der Waals surface area contributed by atoms with Crippen LogP contribution in [0.25, 0.3) is 0 Å². The van der Waals surface area contributed by atoms with E-state index in [0.717, 1.165) is 48.2 Å². The number of aromatic nitrogens is 4. The number of nitrogens with zero attached hydrogens (tertiary/aromatic N) is 5. The lowest BCUT2D eigenvalue weighted by Gasteiger charge is -2.26. The molecule has 1 aliphatic rings. The predicted octanol–water partition coefficient (Wildman–Crippen LogP) is 2.20. The molecule has 1 fully saturated rings. The summed E-state index contributed by atoms with van der Waals surface area (Å²) in [4.78, 5) is 18.1. The summed E-state index contributed by atoms with van der Waals surface area (Å²) in [6, 6.07) is 3.95. The number of amides is 2. The molecule has 2 aromatic heterocycles. The average Bonchev–Trinajstić information content (AvgIpc) is 2.99. The molecular weight excluding hydrogens is 324 g/mol. The summed E-state index contributed by atoms with van der Waals surface area (Å²) in [5.41, 5.74) is 1.14. The van der Waals surface area contributed by atoms with Gasteiger partial charge in [0.25, 0.3) is 0 Å². The van der Waals surface area contributed by atoms with Crippen molar-refractivity contribution in [3.8, 4) is 0 Å². The monoisotopic (exact) mass is 346 g/mol. The van der Waals surface area contributed by atoms with Crippen molar-refractivity contribution < 1.29 is 4.79 Å². The van der Waals surface area contributed by atoms with Gasteiger partial charge in [-0.3, -0.25) is 4.98 Å². The van der Waals surface area contributed by atoms with Crippen molar-refractivity contribution in [2.75, 3.05) is 13.1 Å². The molecule has 24 heavy (non-hydrogen) atoms. The third-order valence-corrected chi connectivity index (χ3v) is 5.15. The zero-order valence-electron chi connectivity index (χ0n) is 13.8. The summed E-state index contributed by atoms with van der Waals surface area (Å²) in [5, 5.41) is 12.2. The van der Waals surface area contributed by atoms with Gasteiger partial charge in [-0.15, -0.1) is 10.2 Å². The number of piperidine rings is 1. The van der Waals surface area contributed by atoms with Gasteiger partial charge in [0.2, 0.25) is 0 Å². The predicted molar refractivity (Wildman–Crippen MR) is 92.5 cm³/mol. The fourth-order valence-corrected chi connectivity index (χ4v) is 3.48. The van der Waals surface area contributed by atoms with Crippen LogP contribution >= 0.6 is 11.8 Å². The summed E-state index contributed by atoms with van der Waals surface area (Å²) >= 11 is 1.61. The number of nitrogens with one attached hydrogen (secondary N) is 1. The molecule has 3 heterocycles. The van der Waals surface area contributed by atoms with Gasteiger partial charge in [0.05, 0.1) is 6.54 Å². The Morgan fingerprint density at radius 1 is 1.29 bits per heavy atom. The van der Waals surface area contributed by atoms with Gasteiger partial charge in [-0.25, -0.2) is 4.79 Å². The number of carbonyl (C=O) groups is 1. The summed E-state index contributed by atoms with van der Waals surface area (Å²) in [6.07, 6.45) is 7.01. The highest BCUT2D eigenvalue weighted by atomic mass is 32.2. The molecule has 8 heteroatoms. The second-order valence-electron chi connectivity index (χ2n) is 5.81. The Kier molecular flexibility index (Phi) is 5.68. The number of urea groups is 1. The normalized spacial score (nSPS) is 14.6. The van der Waals surface area contributed by atoms with Crippen LogP contribution in [-0.2, 0) is 19.3 Å². The van der Waals surface area contributed by atoms with E-state index in [2.05, 4.69) is 20.5 Å². The van der Waals surface area contributed by atoms with Gasteiger partial charge < -0.3 is 14.8 Å². The van der Waals surface area contributed by atoms with Gasteiger partial charge in [0.1, 0.15) is 0 Å². The summed E-state index contributed by atoms with van der Waals surface area (Å²) in [5.74, 6) is 1.55. The van der Waals surface area contributed by atoms with Gasteiger partial charge in [-0.2, -0.15) is 0 Å². The van der Waals surface area contributed by atoms with E-state index in [0.29, 0.717) is 6.54 Å². The van der Waals surface area contributed by atoms with E-state index < -0.39 is 0 Å². The van der Waals surface area contributed by atoms with E-state index >= 15 is 0 Å². The highest BCUT2D eigenvalue weighted by molar-refractivity contribution is 7.98. The van der Waals surface area contributed by atoms with Crippen LogP contribution in [0, 0.1) is 0 Å². The van der Waals surface area contributed by atoms with Crippen LogP contribution < -0.4 is 5.32 Å². The van der Waals surface area contributed by atoms with Gasteiger partial charge in [0.15, 0.2) is 11.0 Å². The highest BCUT2D eigenvalue weighted by Crippen LogP contribution is 2.20. The standard InChI is InChI=1S/C16H22N6OS/c1-21-14(11-18-15(23)22-8-3-2-4-9-22)19-20-16(21)24-12-13-6-5-7-17-10-13/h5-7,10H,2-4,8-9,11-12H2,1H3,(H,18,23). The zero-order valence-corrected chi connectivity index (χ0v) is 14.6. The van der Waals surface area contributed by atoms with Crippen molar-refractivity contribution in [3.63, 3.8) is 0 Å². The number of pyridine rings is 1. The minimum Gasteiger partial charge on any atom is -0.331 e. The molecule has 1 aliphatic heterocycles. The zero-order chi connectivity index (χ0) is 16.8. The molecule has 0 bridgehead atoms. The van der Waals surface area contributed by atoms with Crippen molar-refractivity contribution in [1.82, 2.24) is 30.0 Å². The Morgan fingerprint density at radius 2 is 2.12 bits per heavy atom. The van der Waals surface area contributed by atoms with E-state index in [4.69, 9.17) is 0 Å². The lowest BCUT2D eigenvalue weighted by Crippen LogP contribution is -2.42. The van der Waals surface area contributed by atoms with E-state index in [9.17, 15) is 4.79 Å². The maximum atomic E-state index is 12.1. The molecule has 0 radical (unpaired) electrons. The van der Waals surface area contributed by atoms with E-state index in [1.165, 1.54) is 6.42 Å². The number of rotatable bonds is 5. The Bertz CT molecular complexity index is 668. The molecule has 7 nitrogen and oxygen atoms in total. The fraction of sp³-hybridized carbons (Fsp3) is 0.500. The summed E-state index contributed by atoms with van der Waals surface area (Å²) in [6.45, 7) is 2.08. The lowest BCUT2D eigenvalue weighted by molar-refractivity contribution is 0.185. The second-order valence-corrected chi connectivity index (χ2v) is 6.76. The third kappa shape index (κ3) is 4.25. The Morgan fingerprint density at radius 3 is 2.88 bits per heavy atom. The van der Waals surface area contributed by atoms with Gasteiger partial charge in [-0.05, 0) is 30.9 Å². The number of carbonyl (C=O) groups excluding carboxylic acids is 1. The quantitative estimate of drug-likeness (QED) is 0.840. The molecule has 0 atom stereocenters. The fourth-order valence-electron chi connectivity index (χ4n) is 2.62. The number of hydrogen-bond acceptors (Lipinski definition) is 5. The highest BCUT2D eigenvalue weighted by Gasteiger charge is 2.17. The van der Waals surface area contributed by atoms with Crippen LogP contribution in [0.1, 0.15) is 30.7 Å². The Labute approximate surface area is 145 Å². The van der Waals surface area contributed by atoms with Crippen molar-refractivity contribution in [2.24, 2.45) is 7.05 Å². The minimum atomic E-state index is -0.0118. The molecule has 1 N–H and O–H groups in total. The van der Waals surface area contributed by atoms with E-state index in [-0.39, 0.29) is 6.03 Å². The van der Waals surface area contributed by atoms with Crippen molar-refractivity contribution in [2.45, 2.75) is 36.7 Å². The van der Waals surface area contributed by atoms with Gasteiger partial charge in [0, 0.05) is 38.3 Å². The first-order valence-corrected chi connectivity index (χ1v) is 9.15. The van der Waals surface area contributed by atoms with Crippen LogP contribution in [0.2, 0.25) is 0 Å². The molecular formula is C16H22N6OS. The first kappa shape index (κ1) is 16.8. The molecule has 3 rings (SSSR count). The SMILES string of the molecule is Cn1c(CNC(=O)N2CCCCC2)nnc1SCc1cccnc1. The van der Waals surface area contributed by atoms with Crippen molar-refractivity contribution >= 4 is 17.8 Å².